The molecule has 0 aliphatic heterocycles. The molecule has 2 heteroatoms. The Morgan fingerprint density at radius 3 is 2.31 bits per heavy atom. The van der Waals surface area contributed by atoms with Crippen molar-refractivity contribution < 1.29 is 9.84 Å². The molecular formula is C11H14O2. The molecule has 13 heavy (non-hydrogen) atoms. The first-order valence-corrected chi connectivity index (χ1v) is 4.63. The van der Waals surface area contributed by atoms with Gasteiger partial charge in [-0.1, -0.05) is 12.1 Å². The summed E-state index contributed by atoms with van der Waals surface area (Å²) >= 11 is 0. The maximum atomic E-state index is 9.46. The lowest BCUT2D eigenvalue weighted by molar-refractivity contribution is 0.0661. The van der Waals surface area contributed by atoms with E-state index in [-0.39, 0.29) is 6.10 Å². The summed E-state index contributed by atoms with van der Waals surface area (Å²) in [4.78, 5) is 0. The van der Waals surface area contributed by atoms with Gasteiger partial charge >= 0.3 is 0 Å². The van der Waals surface area contributed by atoms with Crippen LogP contribution in [0.1, 0.15) is 24.3 Å². The van der Waals surface area contributed by atoms with Crippen molar-refractivity contribution in [3.8, 4) is 5.75 Å². The molecule has 1 aromatic rings. The van der Waals surface area contributed by atoms with Gasteiger partial charge in [-0.2, -0.15) is 0 Å². The van der Waals surface area contributed by atoms with E-state index in [4.69, 9.17) is 4.74 Å². The highest BCUT2D eigenvalue weighted by atomic mass is 16.5. The average molecular weight is 178 g/mol. The van der Waals surface area contributed by atoms with Gasteiger partial charge in [0.1, 0.15) is 5.75 Å². The van der Waals surface area contributed by atoms with Crippen LogP contribution < -0.4 is 4.74 Å². The number of ether oxygens (including phenoxy) is 1. The summed E-state index contributed by atoms with van der Waals surface area (Å²) in [6.45, 7) is 0. The fourth-order valence-electron chi connectivity index (χ4n) is 1.72. The van der Waals surface area contributed by atoms with E-state index in [2.05, 4.69) is 0 Å². The maximum absolute atomic E-state index is 9.46. The first kappa shape index (κ1) is 8.57. The van der Waals surface area contributed by atoms with Crippen LogP contribution in [0.15, 0.2) is 24.3 Å². The van der Waals surface area contributed by atoms with Gasteiger partial charge in [-0.3, -0.25) is 0 Å². The molecule has 1 fully saturated rings. The third-order valence-corrected chi connectivity index (χ3v) is 2.78. The maximum Gasteiger partial charge on any atom is 0.118 e. The molecule has 0 aromatic heterocycles. The molecule has 0 heterocycles. The Labute approximate surface area is 78.2 Å². The van der Waals surface area contributed by atoms with E-state index in [1.165, 1.54) is 5.56 Å². The summed E-state index contributed by atoms with van der Waals surface area (Å²) in [7, 11) is 1.66. The first-order chi connectivity index (χ1) is 6.31. The second-order valence-electron chi connectivity index (χ2n) is 3.52. The predicted octanol–water partition coefficient (Wildman–Crippen LogP) is 1.93. The first-order valence-electron chi connectivity index (χ1n) is 4.63. The fraction of sp³-hybridized carbons (Fsp3) is 0.455. The van der Waals surface area contributed by atoms with Crippen molar-refractivity contribution in [2.75, 3.05) is 7.11 Å². The lowest BCUT2D eigenvalue weighted by Crippen LogP contribution is -2.28. The van der Waals surface area contributed by atoms with E-state index in [1.807, 2.05) is 24.3 Å². The standard InChI is InChI=1S/C11H14O2/c1-13-9-4-2-8(3-5-9)10-6-7-11(10)12/h2-5,10-12H,6-7H2,1H3/t10-,11+/m1/s1. The van der Waals surface area contributed by atoms with Gasteiger partial charge < -0.3 is 9.84 Å². The number of hydrogen-bond donors (Lipinski definition) is 1. The number of benzene rings is 1. The van der Waals surface area contributed by atoms with Crippen molar-refractivity contribution in [1.82, 2.24) is 0 Å². The van der Waals surface area contributed by atoms with Gasteiger partial charge in [0.25, 0.3) is 0 Å². The van der Waals surface area contributed by atoms with Gasteiger partial charge in [0.2, 0.25) is 0 Å². The summed E-state index contributed by atoms with van der Waals surface area (Å²) in [6.07, 6.45) is 1.91. The smallest absolute Gasteiger partial charge is 0.118 e. The van der Waals surface area contributed by atoms with E-state index < -0.39 is 0 Å². The SMILES string of the molecule is COc1ccc([C@H]2CC[C@@H]2O)cc1. The average Bonchev–Trinajstić information content (AvgIpc) is 2.17. The summed E-state index contributed by atoms with van der Waals surface area (Å²) < 4.78 is 5.06. The van der Waals surface area contributed by atoms with Gasteiger partial charge in [0, 0.05) is 5.92 Å². The van der Waals surface area contributed by atoms with Gasteiger partial charge in [-0.15, -0.1) is 0 Å². The molecule has 0 unspecified atom stereocenters. The molecule has 2 nitrogen and oxygen atoms in total. The van der Waals surface area contributed by atoms with Crippen LogP contribution in [0, 0.1) is 0 Å². The Morgan fingerprint density at radius 2 is 1.92 bits per heavy atom. The fourth-order valence-corrected chi connectivity index (χ4v) is 1.72. The molecule has 2 rings (SSSR count). The number of rotatable bonds is 2. The topological polar surface area (TPSA) is 29.5 Å². The highest BCUT2D eigenvalue weighted by Gasteiger charge is 2.29. The lowest BCUT2D eigenvalue weighted by atomic mass is 9.77. The molecule has 1 aliphatic rings. The van der Waals surface area contributed by atoms with Crippen LogP contribution in [0.5, 0.6) is 5.75 Å². The van der Waals surface area contributed by atoms with Crippen molar-refractivity contribution in [1.29, 1.82) is 0 Å². The van der Waals surface area contributed by atoms with E-state index in [0.717, 1.165) is 18.6 Å². The van der Waals surface area contributed by atoms with Crippen molar-refractivity contribution in [3.05, 3.63) is 29.8 Å². The second kappa shape index (κ2) is 3.38. The van der Waals surface area contributed by atoms with E-state index in [1.54, 1.807) is 7.11 Å². The number of aliphatic hydroxyl groups is 1. The predicted molar refractivity (Wildman–Crippen MR) is 51.0 cm³/mol. The van der Waals surface area contributed by atoms with Crippen LogP contribution in [0.2, 0.25) is 0 Å². The molecule has 0 saturated heterocycles. The molecule has 0 spiro atoms. The quantitative estimate of drug-likeness (QED) is 0.749. The second-order valence-corrected chi connectivity index (χ2v) is 3.52. The molecule has 0 bridgehead atoms. The Kier molecular flexibility index (Phi) is 2.23. The Balaban J connectivity index is 2.13. The van der Waals surface area contributed by atoms with E-state index >= 15 is 0 Å². The molecule has 0 amide bonds. The molecule has 1 saturated carbocycles. The third-order valence-electron chi connectivity index (χ3n) is 2.78. The molecule has 1 aliphatic carbocycles. The third kappa shape index (κ3) is 1.54. The van der Waals surface area contributed by atoms with Gasteiger partial charge in [0.15, 0.2) is 0 Å². The van der Waals surface area contributed by atoms with Crippen LogP contribution in [-0.2, 0) is 0 Å². The Morgan fingerprint density at radius 1 is 1.23 bits per heavy atom. The number of aliphatic hydroxyl groups excluding tert-OH is 1. The van der Waals surface area contributed by atoms with Crippen LogP contribution in [-0.4, -0.2) is 18.3 Å². The van der Waals surface area contributed by atoms with Crippen molar-refractivity contribution in [2.45, 2.75) is 24.9 Å². The van der Waals surface area contributed by atoms with Gasteiger partial charge in [-0.05, 0) is 30.5 Å². The summed E-state index contributed by atoms with van der Waals surface area (Å²) in [5.74, 6) is 1.23. The van der Waals surface area contributed by atoms with Crippen molar-refractivity contribution in [2.24, 2.45) is 0 Å². The van der Waals surface area contributed by atoms with Crippen molar-refractivity contribution in [3.63, 3.8) is 0 Å². The summed E-state index contributed by atoms with van der Waals surface area (Å²) in [5, 5.41) is 9.46. The summed E-state index contributed by atoms with van der Waals surface area (Å²) in [5.41, 5.74) is 1.22. The van der Waals surface area contributed by atoms with Gasteiger partial charge in [0.05, 0.1) is 13.2 Å². The van der Waals surface area contributed by atoms with E-state index in [9.17, 15) is 5.11 Å². The van der Waals surface area contributed by atoms with Crippen LogP contribution in [0.25, 0.3) is 0 Å². The minimum absolute atomic E-state index is 0.131. The number of hydrogen-bond acceptors (Lipinski definition) is 2. The zero-order valence-corrected chi connectivity index (χ0v) is 7.73. The van der Waals surface area contributed by atoms with Crippen LogP contribution >= 0.6 is 0 Å². The largest absolute Gasteiger partial charge is 0.497 e. The Hall–Kier alpha value is -1.02. The zero-order chi connectivity index (χ0) is 9.26. The highest BCUT2D eigenvalue weighted by molar-refractivity contribution is 5.31. The van der Waals surface area contributed by atoms with Crippen molar-refractivity contribution >= 4 is 0 Å². The Bertz CT molecular complexity index is 279. The van der Waals surface area contributed by atoms with Crippen LogP contribution in [0.3, 0.4) is 0 Å². The molecule has 2 atom stereocenters. The minimum atomic E-state index is -0.131. The monoisotopic (exact) mass is 178 g/mol. The molecule has 0 radical (unpaired) electrons. The molecule has 1 aromatic carbocycles. The normalized spacial score (nSPS) is 26.6. The number of methoxy groups -OCH3 is 1. The lowest BCUT2D eigenvalue weighted by Gasteiger charge is -2.32. The zero-order valence-electron chi connectivity index (χ0n) is 7.73. The summed E-state index contributed by atoms with van der Waals surface area (Å²) in [6, 6.07) is 7.96. The highest BCUT2D eigenvalue weighted by Crippen LogP contribution is 2.37. The molecule has 1 N–H and O–H groups in total. The van der Waals surface area contributed by atoms with Gasteiger partial charge in [-0.25, -0.2) is 0 Å². The van der Waals surface area contributed by atoms with Crippen LogP contribution in [0.4, 0.5) is 0 Å². The molecular weight excluding hydrogens is 164 g/mol. The van der Waals surface area contributed by atoms with E-state index in [0.29, 0.717) is 5.92 Å². The molecule has 70 valence electrons. The minimum Gasteiger partial charge on any atom is -0.497 e.